The summed E-state index contributed by atoms with van der Waals surface area (Å²) in [5.41, 5.74) is 0.771. The van der Waals surface area contributed by atoms with Crippen LogP contribution in [0.2, 0.25) is 5.02 Å². The molecule has 26 heavy (non-hydrogen) atoms. The highest BCUT2D eigenvalue weighted by atomic mass is 35.5. The molecule has 0 radical (unpaired) electrons. The zero-order valence-corrected chi connectivity index (χ0v) is 16.3. The summed E-state index contributed by atoms with van der Waals surface area (Å²) in [6.07, 6.45) is 2.22. The maximum absolute atomic E-state index is 13.0. The predicted molar refractivity (Wildman–Crippen MR) is 100 cm³/mol. The molecule has 0 atom stereocenters. The Morgan fingerprint density at radius 1 is 1.27 bits per heavy atom. The molecule has 1 aliphatic carbocycles. The lowest BCUT2D eigenvalue weighted by Crippen LogP contribution is -2.19. The third-order valence-electron chi connectivity index (χ3n) is 4.48. The summed E-state index contributed by atoms with van der Waals surface area (Å²) in [4.78, 5) is 26.3. The minimum Gasteiger partial charge on any atom is -0.294 e. The van der Waals surface area contributed by atoms with Gasteiger partial charge in [-0.2, -0.15) is 5.26 Å². The van der Waals surface area contributed by atoms with Crippen LogP contribution in [-0.2, 0) is 21.1 Å². The van der Waals surface area contributed by atoms with Crippen molar-refractivity contribution < 1.29 is 18.0 Å². The van der Waals surface area contributed by atoms with Crippen molar-refractivity contribution in [3.05, 3.63) is 38.8 Å². The molecule has 3 rings (SSSR count). The number of halogens is 1. The summed E-state index contributed by atoms with van der Waals surface area (Å²) in [5, 5.41) is 8.82. The Hall–Kier alpha value is -1.62. The van der Waals surface area contributed by atoms with Crippen LogP contribution in [0.15, 0.2) is 27.5 Å². The number of nitrogens with zero attached hydrogens (tertiary/aromatic N) is 1. The summed E-state index contributed by atoms with van der Waals surface area (Å²) in [7, 11) is -3.34. The molecule has 1 aromatic carbocycles. The van der Waals surface area contributed by atoms with Gasteiger partial charge in [0.25, 0.3) is 0 Å². The molecule has 0 fully saturated rings. The summed E-state index contributed by atoms with van der Waals surface area (Å²) in [5.74, 6) is -0.168. The van der Waals surface area contributed by atoms with Gasteiger partial charge in [0.1, 0.15) is 0 Å². The van der Waals surface area contributed by atoms with Gasteiger partial charge >= 0.3 is 0 Å². The molecular weight excluding hydrogens is 394 g/mol. The Morgan fingerprint density at radius 3 is 2.77 bits per heavy atom. The number of rotatable bonds is 5. The first-order valence-corrected chi connectivity index (χ1v) is 11.2. The summed E-state index contributed by atoms with van der Waals surface area (Å²) in [6, 6.07) is 4.86. The lowest BCUT2D eigenvalue weighted by Gasteiger charge is -2.18. The SMILES string of the molecule is N#CCCSC1=C(C(=O)c2ccc3c(c2Cl)CCS3(=O)=O)C(=O)CCC1. The summed E-state index contributed by atoms with van der Waals surface area (Å²) in [6.45, 7) is 0. The third-order valence-corrected chi connectivity index (χ3v) is 7.87. The molecule has 8 heteroatoms. The number of carbonyl (C=O) groups is 2. The first-order chi connectivity index (χ1) is 12.4. The Kier molecular flexibility index (Phi) is 5.56. The van der Waals surface area contributed by atoms with Crippen LogP contribution in [0.5, 0.6) is 0 Å². The second kappa shape index (κ2) is 7.55. The van der Waals surface area contributed by atoms with E-state index in [0.717, 1.165) is 0 Å². The molecule has 2 aliphatic rings. The van der Waals surface area contributed by atoms with Gasteiger partial charge in [-0.25, -0.2) is 8.42 Å². The molecule has 0 spiro atoms. The molecule has 0 amide bonds. The van der Waals surface area contributed by atoms with Crippen molar-refractivity contribution in [2.45, 2.75) is 37.0 Å². The second-order valence-corrected chi connectivity index (χ2v) is 9.78. The third kappa shape index (κ3) is 3.46. The average Bonchev–Trinajstić information content (AvgIpc) is 2.91. The van der Waals surface area contributed by atoms with E-state index in [2.05, 4.69) is 0 Å². The smallest absolute Gasteiger partial charge is 0.198 e. The first-order valence-electron chi connectivity index (χ1n) is 8.21. The molecule has 1 aliphatic heterocycles. The van der Waals surface area contributed by atoms with Crippen molar-refractivity contribution in [2.24, 2.45) is 0 Å². The number of benzene rings is 1. The van der Waals surface area contributed by atoms with Crippen LogP contribution in [0, 0.1) is 11.3 Å². The van der Waals surface area contributed by atoms with E-state index in [-0.39, 0.29) is 39.0 Å². The van der Waals surface area contributed by atoms with E-state index in [1.807, 2.05) is 6.07 Å². The Labute approximate surface area is 161 Å². The van der Waals surface area contributed by atoms with E-state index in [0.29, 0.717) is 41.9 Å². The molecule has 1 aromatic rings. The fourth-order valence-electron chi connectivity index (χ4n) is 3.22. The number of hydrogen-bond donors (Lipinski definition) is 0. The Bertz CT molecular complexity index is 974. The highest BCUT2D eigenvalue weighted by Crippen LogP contribution is 2.38. The maximum atomic E-state index is 13.0. The highest BCUT2D eigenvalue weighted by Gasteiger charge is 2.33. The molecule has 0 aromatic heterocycles. The second-order valence-electron chi connectivity index (χ2n) is 6.13. The number of nitriles is 1. The first kappa shape index (κ1) is 19.2. The van der Waals surface area contributed by atoms with Crippen LogP contribution < -0.4 is 0 Å². The Morgan fingerprint density at radius 2 is 2.04 bits per heavy atom. The van der Waals surface area contributed by atoms with Crippen molar-refractivity contribution in [3.63, 3.8) is 0 Å². The predicted octanol–water partition coefficient (Wildman–Crippen LogP) is 3.51. The van der Waals surface area contributed by atoms with Crippen molar-refractivity contribution in [1.29, 1.82) is 5.26 Å². The van der Waals surface area contributed by atoms with Crippen LogP contribution in [0.3, 0.4) is 0 Å². The van der Waals surface area contributed by atoms with Crippen LogP contribution in [0.25, 0.3) is 0 Å². The average molecular weight is 410 g/mol. The molecule has 5 nitrogen and oxygen atoms in total. The van der Waals surface area contributed by atoms with Gasteiger partial charge in [0.05, 0.1) is 27.3 Å². The topological polar surface area (TPSA) is 92.1 Å². The van der Waals surface area contributed by atoms with Gasteiger partial charge in [0.2, 0.25) is 0 Å². The van der Waals surface area contributed by atoms with E-state index >= 15 is 0 Å². The van der Waals surface area contributed by atoms with Gasteiger partial charge in [-0.1, -0.05) is 11.6 Å². The molecule has 136 valence electrons. The molecule has 0 unspecified atom stereocenters. The number of sulfone groups is 1. The van der Waals surface area contributed by atoms with Gasteiger partial charge in [0, 0.05) is 24.2 Å². The molecule has 0 N–H and O–H groups in total. The van der Waals surface area contributed by atoms with E-state index < -0.39 is 15.6 Å². The van der Waals surface area contributed by atoms with E-state index in [9.17, 15) is 18.0 Å². The molecule has 0 saturated carbocycles. The fraction of sp³-hybridized carbons (Fsp3) is 0.389. The lowest BCUT2D eigenvalue weighted by molar-refractivity contribution is -0.115. The van der Waals surface area contributed by atoms with E-state index in [1.165, 1.54) is 23.9 Å². The van der Waals surface area contributed by atoms with Gasteiger partial charge in [0.15, 0.2) is 21.4 Å². The molecule has 0 bridgehead atoms. The maximum Gasteiger partial charge on any atom is 0.198 e. The summed E-state index contributed by atoms with van der Waals surface area (Å²) >= 11 is 7.71. The van der Waals surface area contributed by atoms with Crippen molar-refractivity contribution in [1.82, 2.24) is 0 Å². The van der Waals surface area contributed by atoms with E-state index in [1.54, 1.807) is 0 Å². The van der Waals surface area contributed by atoms with Crippen LogP contribution in [-0.4, -0.2) is 31.5 Å². The zero-order chi connectivity index (χ0) is 18.9. The number of hydrogen-bond acceptors (Lipinski definition) is 6. The fourth-order valence-corrected chi connectivity index (χ4v) is 6.24. The largest absolute Gasteiger partial charge is 0.294 e. The van der Waals surface area contributed by atoms with Crippen LogP contribution >= 0.6 is 23.4 Å². The highest BCUT2D eigenvalue weighted by molar-refractivity contribution is 8.03. The van der Waals surface area contributed by atoms with Gasteiger partial charge in [-0.3, -0.25) is 9.59 Å². The lowest BCUT2D eigenvalue weighted by atomic mass is 9.91. The van der Waals surface area contributed by atoms with Crippen molar-refractivity contribution >= 4 is 44.8 Å². The number of fused-ring (bicyclic) bond motifs is 1. The zero-order valence-electron chi connectivity index (χ0n) is 13.9. The number of ketones is 2. The number of thioether (sulfide) groups is 1. The van der Waals surface area contributed by atoms with Crippen LogP contribution in [0.1, 0.15) is 41.6 Å². The monoisotopic (exact) mass is 409 g/mol. The van der Waals surface area contributed by atoms with E-state index in [4.69, 9.17) is 16.9 Å². The number of Topliss-reactive ketones (excluding diaryl/α,β-unsaturated/α-hetero) is 2. The molecule has 1 heterocycles. The molecule has 0 saturated heterocycles. The van der Waals surface area contributed by atoms with Crippen molar-refractivity contribution in [3.8, 4) is 6.07 Å². The Balaban J connectivity index is 2.02. The molecular formula is C18H16ClNO4S2. The standard InChI is InChI=1S/C18H16ClNO4S2/c19-17-11-7-10-26(23,24)15(11)6-5-12(17)18(22)16-13(21)3-1-4-14(16)25-9-2-8-20/h5-6H,1-4,7,9-10H2. The minimum absolute atomic E-state index is 0.0173. The quantitative estimate of drug-likeness (QED) is 0.419. The van der Waals surface area contributed by atoms with Crippen molar-refractivity contribution in [2.75, 3.05) is 11.5 Å². The van der Waals surface area contributed by atoms with Crippen LogP contribution in [0.4, 0.5) is 0 Å². The normalized spacial score (nSPS) is 18.5. The van der Waals surface area contributed by atoms with Gasteiger partial charge < -0.3 is 0 Å². The summed E-state index contributed by atoms with van der Waals surface area (Å²) < 4.78 is 24.0. The number of carbonyl (C=O) groups excluding carboxylic acids is 2. The minimum atomic E-state index is -3.34. The van der Waals surface area contributed by atoms with Gasteiger partial charge in [-0.15, -0.1) is 11.8 Å². The van der Waals surface area contributed by atoms with Gasteiger partial charge in [-0.05, 0) is 41.9 Å². The number of allylic oxidation sites excluding steroid dienone is 2.